The van der Waals surface area contributed by atoms with E-state index in [2.05, 4.69) is 15.5 Å². The van der Waals surface area contributed by atoms with Crippen molar-refractivity contribution in [2.45, 2.75) is 5.03 Å². The zero-order valence-corrected chi connectivity index (χ0v) is 14.5. The lowest BCUT2D eigenvalue weighted by atomic mass is 10.2. The maximum atomic E-state index is 11.9. The Labute approximate surface area is 154 Å². The molecule has 1 N–H and O–H groups in total. The van der Waals surface area contributed by atoms with Crippen LogP contribution in [0, 0.1) is 0 Å². The molecule has 0 radical (unpaired) electrons. The molecule has 2 aromatic carbocycles. The van der Waals surface area contributed by atoms with Crippen LogP contribution in [0.2, 0.25) is 0 Å². The Hall–Kier alpha value is -3.06. The summed E-state index contributed by atoms with van der Waals surface area (Å²) in [5, 5.41) is 5.86. The van der Waals surface area contributed by atoms with Gasteiger partial charge in [-0.3, -0.25) is 4.79 Å². The monoisotopic (exact) mass is 365 g/mol. The molecule has 1 amide bonds. The number of hydrazone groups is 1. The average Bonchev–Trinajstić information content (AvgIpc) is 3.14. The summed E-state index contributed by atoms with van der Waals surface area (Å²) >= 11 is 1.37. The number of nitrogens with zero attached hydrogens (tertiary/aromatic N) is 2. The molecule has 7 heteroatoms. The lowest BCUT2D eigenvalue weighted by Crippen LogP contribution is -2.19. The van der Waals surface area contributed by atoms with E-state index in [1.54, 1.807) is 6.21 Å². The van der Waals surface area contributed by atoms with Crippen molar-refractivity contribution >= 4 is 34.8 Å². The summed E-state index contributed by atoms with van der Waals surface area (Å²) in [4.78, 5) is 16.5. The molecule has 2 heterocycles. The van der Waals surface area contributed by atoms with Gasteiger partial charge in [-0.05, 0) is 35.9 Å². The normalized spacial score (nSPS) is 12.6. The third kappa shape index (κ3) is 3.78. The number of hydrogen-bond donors (Lipinski definition) is 1. The minimum absolute atomic E-state index is 0.193. The lowest BCUT2D eigenvalue weighted by Gasteiger charge is -2.02. The minimum atomic E-state index is -0.193. The van der Waals surface area contributed by atoms with Gasteiger partial charge in [-0.25, -0.2) is 10.4 Å². The number of fused-ring (bicyclic) bond motifs is 2. The highest BCUT2D eigenvalue weighted by atomic mass is 32.2. The molecule has 0 atom stereocenters. The highest BCUT2D eigenvalue weighted by molar-refractivity contribution is 7.99. The summed E-state index contributed by atoms with van der Waals surface area (Å²) in [6, 6.07) is 17.3. The molecule has 3 aromatic rings. The molecule has 0 aliphatic carbocycles. The van der Waals surface area contributed by atoms with Gasteiger partial charge in [0.2, 0.25) is 12.7 Å². The van der Waals surface area contributed by atoms with Gasteiger partial charge in [0.25, 0.3) is 0 Å². The first-order chi connectivity index (χ1) is 12.8. The van der Waals surface area contributed by atoms with E-state index in [9.17, 15) is 4.79 Å². The van der Waals surface area contributed by atoms with E-state index in [0.29, 0.717) is 11.5 Å². The molecule has 0 saturated heterocycles. The van der Waals surface area contributed by atoms with Gasteiger partial charge in [-0.2, -0.15) is 5.10 Å². The van der Waals surface area contributed by atoms with E-state index in [1.807, 2.05) is 54.6 Å². The van der Waals surface area contributed by atoms with Crippen molar-refractivity contribution in [2.24, 2.45) is 5.10 Å². The van der Waals surface area contributed by atoms with Gasteiger partial charge in [-0.1, -0.05) is 36.0 Å². The van der Waals surface area contributed by atoms with Gasteiger partial charge >= 0.3 is 0 Å². The molecule has 0 unspecified atom stereocenters. The predicted octanol–water partition coefficient (Wildman–Crippen LogP) is 3.21. The number of thioether (sulfide) groups is 1. The van der Waals surface area contributed by atoms with Crippen molar-refractivity contribution in [3.63, 3.8) is 0 Å². The van der Waals surface area contributed by atoms with Crippen LogP contribution in [0.15, 0.2) is 64.7 Å². The Morgan fingerprint density at radius 1 is 1.15 bits per heavy atom. The quantitative estimate of drug-likeness (QED) is 0.427. The Morgan fingerprint density at radius 2 is 2.04 bits per heavy atom. The summed E-state index contributed by atoms with van der Waals surface area (Å²) in [5.41, 5.74) is 4.25. The first-order valence-corrected chi connectivity index (χ1v) is 8.97. The number of hydrogen-bond acceptors (Lipinski definition) is 6. The van der Waals surface area contributed by atoms with Gasteiger partial charge in [-0.15, -0.1) is 0 Å². The summed E-state index contributed by atoms with van der Waals surface area (Å²) in [5.74, 6) is 1.44. The summed E-state index contributed by atoms with van der Waals surface area (Å²) in [6.45, 7) is 0.229. The van der Waals surface area contributed by atoms with Crippen molar-refractivity contribution < 1.29 is 14.3 Å². The molecule has 4 rings (SSSR count). The zero-order valence-electron chi connectivity index (χ0n) is 13.7. The van der Waals surface area contributed by atoms with Crippen molar-refractivity contribution in [1.82, 2.24) is 10.4 Å². The van der Waals surface area contributed by atoms with Crippen molar-refractivity contribution in [2.75, 3.05) is 12.5 Å². The molecule has 6 nitrogen and oxygen atoms in total. The largest absolute Gasteiger partial charge is 0.454 e. The van der Waals surface area contributed by atoms with Gasteiger partial charge in [0.15, 0.2) is 11.5 Å². The maximum absolute atomic E-state index is 11.9. The number of amides is 1. The number of carbonyl (C=O) groups excluding carboxylic acids is 1. The van der Waals surface area contributed by atoms with Crippen LogP contribution in [-0.4, -0.2) is 29.7 Å². The van der Waals surface area contributed by atoms with Crippen LogP contribution in [0.25, 0.3) is 10.9 Å². The lowest BCUT2D eigenvalue weighted by molar-refractivity contribution is -0.118. The highest BCUT2D eigenvalue weighted by Crippen LogP contribution is 2.31. The number of para-hydroxylation sites is 1. The Bertz CT molecular complexity index is 991. The van der Waals surface area contributed by atoms with Crippen LogP contribution in [-0.2, 0) is 4.79 Å². The minimum Gasteiger partial charge on any atom is -0.454 e. The van der Waals surface area contributed by atoms with Crippen LogP contribution >= 0.6 is 11.8 Å². The molecule has 0 spiro atoms. The number of aromatic nitrogens is 1. The topological polar surface area (TPSA) is 72.8 Å². The van der Waals surface area contributed by atoms with E-state index in [4.69, 9.17) is 9.47 Å². The molecule has 1 aliphatic rings. The molecule has 1 aromatic heterocycles. The van der Waals surface area contributed by atoms with Crippen LogP contribution in [0.1, 0.15) is 5.56 Å². The third-order valence-electron chi connectivity index (χ3n) is 3.72. The van der Waals surface area contributed by atoms with Crippen LogP contribution in [0.4, 0.5) is 0 Å². The van der Waals surface area contributed by atoms with Crippen molar-refractivity contribution in [3.8, 4) is 11.5 Å². The van der Waals surface area contributed by atoms with E-state index >= 15 is 0 Å². The Balaban J connectivity index is 1.30. The number of benzene rings is 2. The zero-order chi connectivity index (χ0) is 17.8. The van der Waals surface area contributed by atoms with Crippen LogP contribution in [0.3, 0.4) is 0 Å². The SMILES string of the molecule is O=C(CSc1ccc2ccccc2n1)N/N=C\c1ccc2c(c1)OCO2. The molecular weight excluding hydrogens is 350 g/mol. The van der Waals surface area contributed by atoms with Gasteiger partial charge < -0.3 is 9.47 Å². The second-order valence-corrected chi connectivity index (χ2v) is 6.53. The molecule has 0 saturated carbocycles. The summed E-state index contributed by atoms with van der Waals surface area (Å²) < 4.78 is 10.6. The molecule has 1 aliphatic heterocycles. The van der Waals surface area contributed by atoms with Crippen molar-refractivity contribution in [1.29, 1.82) is 0 Å². The van der Waals surface area contributed by atoms with E-state index < -0.39 is 0 Å². The van der Waals surface area contributed by atoms with E-state index in [-0.39, 0.29) is 18.5 Å². The maximum Gasteiger partial charge on any atom is 0.250 e. The number of nitrogens with one attached hydrogen (secondary N) is 1. The van der Waals surface area contributed by atoms with Gasteiger partial charge in [0.1, 0.15) is 0 Å². The predicted molar refractivity (Wildman–Crippen MR) is 101 cm³/mol. The standard InChI is InChI=1S/C19H15N3O3S/c23-18(11-26-19-8-6-14-3-1-2-4-15(14)21-19)22-20-10-13-5-7-16-17(9-13)25-12-24-16/h1-10H,11-12H2,(H,22,23)/b20-10-. The number of rotatable bonds is 5. The molecule has 130 valence electrons. The summed E-state index contributed by atoms with van der Waals surface area (Å²) in [6.07, 6.45) is 1.57. The first-order valence-electron chi connectivity index (χ1n) is 7.98. The Morgan fingerprint density at radius 3 is 3.00 bits per heavy atom. The smallest absolute Gasteiger partial charge is 0.250 e. The second-order valence-electron chi connectivity index (χ2n) is 5.54. The van der Waals surface area contributed by atoms with Crippen LogP contribution < -0.4 is 14.9 Å². The second kappa shape index (κ2) is 7.45. The van der Waals surface area contributed by atoms with E-state index in [1.165, 1.54) is 11.8 Å². The highest BCUT2D eigenvalue weighted by Gasteiger charge is 2.12. The number of carbonyl (C=O) groups is 1. The molecule has 0 fully saturated rings. The van der Waals surface area contributed by atoms with Gasteiger partial charge in [0, 0.05) is 5.39 Å². The van der Waals surface area contributed by atoms with E-state index in [0.717, 1.165) is 21.5 Å². The molecular formula is C19H15N3O3S. The fourth-order valence-electron chi connectivity index (χ4n) is 2.47. The fourth-order valence-corrected chi connectivity index (χ4v) is 3.14. The van der Waals surface area contributed by atoms with Crippen LogP contribution in [0.5, 0.6) is 11.5 Å². The Kier molecular flexibility index (Phi) is 4.70. The third-order valence-corrected chi connectivity index (χ3v) is 4.65. The van der Waals surface area contributed by atoms with Crippen molar-refractivity contribution in [3.05, 3.63) is 60.2 Å². The van der Waals surface area contributed by atoms with Gasteiger partial charge in [0.05, 0.1) is 22.5 Å². The first kappa shape index (κ1) is 16.4. The molecule has 0 bridgehead atoms. The summed E-state index contributed by atoms with van der Waals surface area (Å²) in [7, 11) is 0. The number of pyridine rings is 1. The number of ether oxygens (including phenoxy) is 2. The fraction of sp³-hybridized carbons (Fsp3) is 0.105. The average molecular weight is 365 g/mol. The molecule has 26 heavy (non-hydrogen) atoms.